The lowest BCUT2D eigenvalue weighted by atomic mass is 10.1. The maximum atomic E-state index is 12.7. The van der Waals surface area contributed by atoms with Crippen molar-refractivity contribution in [2.24, 2.45) is 0 Å². The molecule has 2 aromatic rings. The number of nitrogens with zero attached hydrogens (tertiary/aromatic N) is 3. The largest absolute Gasteiger partial charge is 0.478 e. The molecule has 1 amide bonds. The Balaban J connectivity index is 1.73. The molecule has 142 valence electrons. The van der Waals surface area contributed by atoms with Crippen LogP contribution in [0, 0.1) is 0 Å². The Morgan fingerprint density at radius 1 is 1.07 bits per heavy atom. The molecule has 1 aliphatic heterocycles. The molecule has 0 radical (unpaired) electrons. The van der Waals surface area contributed by atoms with Crippen LogP contribution in [0.5, 0.6) is 0 Å². The Kier molecular flexibility index (Phi) is 5.13. The maximum absolute atomic E-state index is 12.7. The topological polar surface area (TPSA) is 108 Å². The van der Waals surface area contributed by atoms with Gasteiger partial charge in [-0.1, -0.05) is 6.07 Å². The number of carboxylic acid groups (broad SMARTS) is 1. The van der Waals surface area contributed by atoms with Crippen LogP contribution in [0.2, 0.25) is 0 Å². The van der Waals surface area contributed by atoms with Gasteiger partial charge in [-0.15, -0.1) is 0 Å². The van der Waals surface area contributed by atoms with Crippen molar-refractivity contribution in [3.63, 3.8) is 0 Å². The Bertz CT molecular complexity index is 982. The zero-order valence-corrected chi connectivity index (χ0v) is 15.5. The van der Waals surface area contributed by atoms with E-state index >= 15 is 0 Å². The molecule has 0 atom stereocenters. The maximum Gasteiger partial charge on any atom is 0.339 e. The highest BCUT2D eigenvalue weighted by Crippen LogP contribution is 2.20. The van der Waals surface area contributed by atoms with Crippen molar-refractivity contribution in [2.45, 2.75) is 4.90 Å². The number of carbonyl (C=O) groups is 2. The van der Waals surface area contributed by atoms with Crippen LogP contribution in [0.3, 0.4) is 0 Å². The quantitative estimate of drug-likeness (QED) is 0.835. The van der Waals surface area contributed by atoms with Crippen LogP contribution in [0.25, 0.3) is 0 Å². The lowest BCUT2D eigenvalue weighted by molar-refractivity contribution is 0.0692. The Labute approximate surface area is 157 Å². The van der Waals surface area contributed by atoms with Gasteiger partial charge in [0, 0.05) is 44.2 Å². The predicted molar refractivity (Wildman–Crippen MR) is 98.9 cm³/mol. The van der Waals surface area contributed by atoms with Gasteiger partial charge in [-0.2, -0.15) is 0 Å². The van der Waals surface area contributed by atoms with Crippen LogP contribution in [0.4, 0.5) is 5.82 Å². The number of aromatic nitrogens is 1. The summed E-state index contributed by atoms with van der Waals surface area (Å²) in [5, 5.41) is 9.30. The van der Waals surface area contributed by atoms with Crippen LogP contribution in [-0.4, -0.2) is 67.7 Å². The highest BCUT2D eigenvalue weighted by Gasteiger charge is 2.25. The summed E-state index contributed by atoms with van der Waals surface area (Å²) in [6, 6.07) is 9.04. The fraction of sp³-hybridized carbons (Fsp3) is 0.278. The second-order valence-electron chi connectivity index (χ2n) is 6.26. The van der Waals surface area contributed by atoms with E-state index in [2.05, 4.69) is 4.98 Å². The predicted octanol–water partition coefficient (Wildman–Crippen LogP) is 1.15. The first-order chi connectivity index (χ1) is 12.8. The third kappa shape index (κ3) is 4.08. The van der Waals surface area contributed by atoms with E-state index in [-0.39, 0.29) is 16.4 Å². The van der Waals surface area contributed by atoms with Gasteiger partial charge in [-0.25, -0.2) is 18.2 Å². The number of carboxylic acids is 1. The zero-order valence-electron chi connectivity index (χ0n) is 14.7. The average molecular weight is 389 g/mol. The molecule has 8 nitrogen and oxygen atoms in total. The van der Waals surface area contributed by atoms with Crippen molar-refractivity contribution in [1.29, 1.82) is 0 Å². The molecule has 2 heterocycles. The van der Waals surface area contributed by atoms with E-state index < -0.39 is 15.8 Å². The highest BCUT2D eigenvalue weighted by atomic mass is 32.2. The molecular weight excluding hydrogens is 370 g/mol. The highest BCUT2D eigenvalue weighted by molar-refractivity contribution is 7.90. The number of hydrogen-bond donors (Lipinski definition) is 1. The summed E-state index contributed by atoms with van der Waals surface area (Å²) in [5.74, 6) is -0.912. The van der Waals surface area contributed by atoms with Gasteiger partial charge in [0.25, 0.3) is 5.91 Å². The first kappa shape index (κ1) is 18.8. The SMILES string of the molecule is CS(=O)(=O)c1cccc(C(=O)N2CCN(c3ncccc3C(=O)O)CC2)c1. The smallest absolute Gasteiger partial charge is 0.339 e. The van der Waals surface area contributed by atoms with E-state index in [0.717, 1.165) is 6.26 Å². The first-order valence-electron chi connectivity index (χ1n) is 8.30. The minimum atomic E-state index is -3.39. The number of sulfone groups is 1. The minimum Gasteiger partial charge on any atom is -0.478 e. The Morgan fingerprint density at radius 2 is 1.78 bits per heavy atom. The normalized spacial score (nSPS) is 14.9. The van der Waals surface area contributed by atoms with E-state index in [1.807, 2.05) is 4.90 Å². The average Bonchev–Trinajstić information content (AvgIpc) is 2.67. The second kappa shape index (κ2) is 7.36. The van der Waals surface area contributed by atoms with E-state index in [0.29, 0.717) is 37.6 Å². The van der Waals surface area contributed by atoms with Gasteiger partial charge in [0.2, 0.25) is 0 Å². The molecule has 0 spiro atoms. The van der Waals surface area contributed by atoms with Gasteiger partial charge in [-0.3, -0.25) is 4.79 Å². The molecule has 1 aromatic carbocycles. The summed E-state index contributed by atoms with van der Waals surface area (Å²) in [5.41, 5.74) is 0.438. The van der Waals surface area contributed by atoms with Crippen LogP contribution >= 0.6 is 0 Å². The standard InChI is InChI=1S/C18H19N3O5S/c1-27(25,26)14-5-2-4-13(12-14)17(22)21-10-8-20(9-11-21)16-15(18(23)24)6-3-7-19-16/h2-7,12H,8-11H2,1H3,(H,23,24). The van der Waals surface area contributed by atoms with Crippen molar-refractivity contribution < 1.29 is 23.1 Å². The van der Waals surface area contributed by atoms with Crippen molar-refractivity contribution in [3.05, 3.63) is 53.7 Å². The molecule has 1 fully saturated rings. The van der Waals surface area contributed by atoms with Crippen LogP contribution in [-0.2, 0) is 9.84 Å². The summed E-state index contributed by atoms with van der Waals surface area (Å²) in [6.07, 6.45) is 2.64. The molecule has 3 rings (SSSR count). The monoisotopic (exact) mass is 389 g/mol. The van der Waals surface area contributed by atoms with Gasteiger partial charge in [0.1, 0.15) is 11.4 Å². The van der Waals surface area contributed by atoms with Crippen LogP contribution in [0.1, 0.15) is 20.7 Å². The zero-order chi connectivity index (χ0) is 19.6. The van der Waals surface area contributed by atoms with Crippen molar-refractivity contribution in [2.75, 3.05) is 37.3 Å². The van der Waals surface area contributed by atoms with Crippen molar-refractivity contribution in [1.82, 2.24) is 9.88 Å². The molecule has 0 bridgehead atoms. The minimum absolute atomic E-state index is 0.103. The molecular formula is C18H19N3O5S. The van der Waals surface area contributed by atoms with Gasteiger partial charge in [-0.05, 0) is 30.3 Å². The van der Waals surface area contributed by atoms with Crippen LogP contribution in [0.15, 0.2) is 47.5 Å². The number of anilines is 1. The first-order valence-corrected chi connectivity index (χ1v) is 10.2. The number of rotatable bonds is 4. The number of aromatic carboxylic acids is 1. The number of hydrogen-bond acceptors (Lipinski definition) is 6. The molecule has 1 saturated heterocycles. The molecule has 0 aliphatic carbocycles. The molecule has 27 heavy (non-hydrogen) atoms. The van der Waals surface area contributed by atoms with Crippen molar-refractivity contribution >= 4 is 27.5 Å². The Hall–Kier alpha value is -2.94. The summed E-state index contributed by atoms with van der Waals surface area (Å²) < 4.78 is 23.4. The summed E-state index contributed by atoms with van der Waals surface area (Å²) >= 11 is 0. The van der Waals surface area contributed by atoms with Gasteiger partial charge >= 0.3 is 5.97 Å². The van der Waals surface area contributed by atoms with Gasteiger partial charge in [0.15, 0.2) is 9.84 Å². The number of carbonyl (C=O) groups excluding carboxylic acids is 1. The third-order valence-corrected chi connectivity index (χ3v) is 5.50. The summed E-state index contributed by atoms with van der Waals surface area (Å²) in [4.78, 5) is 31.8. The molecule has 1 aliphatic rings. The second-order valence-corrected chi connectivity index (χ2v) is 8.27. The fourth-order valence-corrected chi connectivity index (χ4v) is 3.65. The van der Waals surface area contributed by atoms with E-state index in [9.17, 15) is 23.1 Å². The summed E-state index contributed by atoms with van der Waals surface area (Å²) in [6.45, 7) is 1.65. The molecule has 1 N–H and O–H groups in total. The van der Waals surface area contributed by atoms with E-state index in [1.54, 1.807) is 23.1 Å². The number of piperazine rings is 1. The third-order valence-electron chi connectivity index (χ3n) is 4.39. The molecule has 0 saturated carbocycles. The lowest BCUT2D eigenvalue weighted by Crippen LogP contribution is -2.49. The fourth-order valence-electron chi connectivity index (χ4n) is 2.98. The lowest BCUT2D eigenvalue weighted by Gasteiger charge is -2.36. The van der Waals surface area contributed by atoms with Gasteiger partial charge < -0.3 is 14.9 Å². The van der Waals surface area contributed by atoms with E-state index in [4.69, 9.17) is 0 Å². The summed E-state index contributed by atoms with van der Waals surface area (Å²) in [7, 11) is -3.39. The van der Waals surface area contributed by atoms with Gasteiger partial charge in [0.05, 0.1) is 4.90 Å². The molecule has 9 heteroatoms. The van der Waals surface area contributed by atoms with Crippen molar-refractivity contribution in [3.8, 4) is 0 Å². The number of amides is 1. The molecule has 1 aromatic heterocycles. The van der Waals surface area contributed by atoms with Crippen LogP contribution < -0.4 is 4.90 Å². The van der Waals surface area contributed by atoms with E-state index in [1.165, 1.54) is 24.4 Å². The number of benzene rings is 1. The number of pyridine rings is 1. The molecule has 0 unspecified atom stereocenters. The Morgan fingerprint density at radius 3 is 2.41 bits per heavy atom.